The highest BCUT2D eigenvalue weighted by atomic mass is 35.5. The highest BCUT2D eigenvalue weighted by Gasteiger charge is 2.25. The van der Waals surface area contributed by atoms with Crippen LogP contribution in [0.1, 0.15) is 36.0 Å². The molecule has 4 nitrogen and oxygen atoms in total. The van der Waals surface area contributed by atoms with Crippen molar-refractivity contribution in [2.75, 3.05) is 5.73 Å². The molecule has 0 saturated heterocycles. The number of carbonyl (C=O) groups excluding carboxylic acids is 1. The molecule has 0 aliphatic heterocycles. The summed E-state index contributed by atoms with van der Waals surface area (Å²) in [5.41, 5.74) is 6.49. The van der Waals surface area contributed by atoms with Crippen molar-refractivity contribution < 1.29 is 9.90 Å². The van der Waals surface area contributed by atoms with Gasteiger partial charge in [0.05, 0.1) is 22.7 Å². The van der Waals surface area contributed by atoms with Crippen LogP contribution in [0.4, 0.5) is 5.69 Å². The van der Waals surface area contributed by atoms with Crippen LogP contribution in [-0.2, 0) is 0 Å². The van der Waals surface area contributed by atoms with Crippen LogP contribution in [0, 0.1) is 0 Å². The second-order valence-electron chi connectivity index (χ2n) is 4.67. The van der Waals surface area contributed by atoms with Crippen molar-refractivity contribution in [2.24, 2.45) is 0 Å². The minimum absolute atomic E-state index is 0.191. The smallest absolute Gasteiger partial charge is 0.253 e. The molecule has 18 heavy (non-hydrogen) atoms. The van der Waals surface area contributed by atoms with Gasteiger partial charge in [-0.3, -0.25) is 4.79 Å². The second-order valence-corrected chi connectivity index (χ2v) is 5.08. The highest BCUT2D eigenvalue weighted by Crippen LogP contribution is 2.21. The summed E-state index contributed by atoms with van der Waals surface area (Å²) in [5.74, 6) is -0.279. The van der Waals surface area contributed by atoms with Gasteiger partial charge in [0.15, 0.2) is 0 Å². The van der Waals surface area contributed by atoms with Gasteiger partial charge in [0.2, 0.25) is 0 Å². The van der Waals surface area contributed by atoms with Gasteiger partial charge < -0.3 is 16.2 Å². The van der Waals surface area contributed by atoms with Crippen LogP contribution in [0.3, 0.4) is 0 Å². The molecule has 1 fully saturated rings. The topological polar surface area (TPSA) is 75.4 Å². The molecule has 0 heterocycles. The molecule has 0 spiro atoms. The molecule has 1 aliphatic rings. The first-order valence-electron chi connectivity index (χ1n) is 6.12. The fourth-order valence-electron chi connectivity index (χ4n) is 2.24. The quantitative estimate of drug-likeness (QED) is 0.718. The second kappa shape index (κ2) is 5.59. The van der Waals surface area contributed by atoms with Crippen LogP contribution in [0.2, 0.25) is 5.02 Å². The molecule has 0 aromatic heterocycles. The third kappa shape index (κ3) is 2.94. The number of aliphatic hydroxyl groups excluding tert-OH is 1. The van der Waals surface area contributed by atoms with Gasteiger partial charge in [0.1, 0.15) is 0 Å². The molecule has 0 radical (unpaired) electrons. The Morgan fingerprint density at radius 2 is 2.11 bits per heavy atom. The zero-order valence-electron chi connectivity index (χ0n) is 10.0. The predicted molar refractivity (Wildman–Crippen MR) is 71.6 cm³/mol. The molecule has 1 aliphatic carbocycles. The van der Waals surface area contributed by atoms with Gasteiger partial charge >= 0.3 is 0 Å². The van der Waals surface area contributed by atoms with Crippen molar-refractivity contribution in [1.29, 1.82) is 0 Å². The number of aliphatic hydroxyl groups is 1. The van der Waals surface area contributed by atoms with Crippen molar-refractivity contribution in [2.45, 2.75) is 37.8 Å². The third-order valence-corrected chi connectivity index (χ3v) is 3.61. The molecule has 2 atom stereocenters. The van der Waals surface area contributed by atoms with E-state index in [1.165, 1.54) is 0 Å². The molecular weight excluding hydrogens is 252 g/mol. The van der Waals surface area contributed by atoms with Crippen molar-refractivity contribution in [3.05, 3.63) is 28.8 Å². The number of anilines is 1. The van der Waals surface area contributed by atoms with Gasteiger partial charge in [-0.05, 0) is 31.0 Å². The van der Waals surface area contributed by atoms with Crippen LogP contribution < -0.4 is 11.1 Å². The van der Waals surface area contributed by atoms with E-state index in [1.807, 2.05) is 0 Å². The summed E-state index contributed by atoms with van der Waals surface area (Å²) in [5, 5.41) is 13.0. The van der Waals surface area contributed by atoms with E-state index in [0.29, 0.717) is 16.3 Å². The van der Waals surface area contributed by atoms with Crippen LogP contribution in [-0.4, -0.2) is 23.2 Å². The molecule has 2 unspecified atom stereocenters. The average molecular weight is 269 g/mol. The average Bonchev–Trinajstić information content (AvgIpc) is 2.35. The third-order valence-electron chi connectivity index (χ3n) is 3.28. The van der Waals surface area contributed by atoms with E-state index >= 15 is 0 Å². The summed E-state index contributed by atoms with van der Waals surface area (Å²) in [6.07, 6.45) is 3.09. The van der Waals surface area contributed by atoms with Gasteiger partial charge in [0, 0.05) is 5.69 Å². The Labute approximate surface area is 111 Å². The number of carbonyl (C=O) groups is 1. The van der Waals surface area contributed by atoms with E-state index in [1.54, 1.807) is 18.2 Å². The Morgan fingerprint density at radius 1 is 1.39 bits per heavy atom. The Hall–Kier alpha value is -1.26. The first kappa shape index (κ1) is 13.2. The number of nitrogens with two attached hydrogens (primary N) is 1. The predicted octanol–water partition coefficient (Wildman–Crippen LogP) is 1.96. The molecule has 1 aromatic rings. The van der Waals surface area contributed by atoms with E-state index in [9.17, 15) is 9.90 Å². The maximum absolute atomic E-state index is 12.1. The van der Waals surface area contributed by atoms with Crippen LogP contribution in [0.15, 0.2) is 18.2 Å². The van der Waals surface area contributed by atoms with Crippen molar-refractivity contribution in [3.63, 3.8) is 0 Å². The molecule has 5 heteroatoms. The number of benzene rings is 1. The van der Waals surface area contributed by atoms with Crippen LogP contribution in [0.25, 0.3) is 0 Å². The number of halogens is 1. The Balaban J connectivity index is 2.09. The Bertz CT molecular complexity index is 451. The summed E-state index contributed by atoms with van der Waals surface area (Å²) in [4.78, 5) is 12.1. The number of hydrogen-bond acceptors (Lipinski definition) is 3. The van der Waals surface area contributed by atoms with Crippen LogP contribution in [0.5, 0.6) is 0 Å². The van der Waals surface area contributed by atoms with E-state index in [-0.39, 0.29) is 11.9 Å². The molecule has 2 rings (SSSR count). The molecule has 1 amide bonds. The zero-order valence-corrected chi connectivity index (χ0v) is 10.8. The fourth-order valence-corrected chi connectivity index (χ4v) is 2.45. The molecule has 4 N–H and O–H groups in total. The molecule has 1 saturated carbocycles. The number of nitrogen functional groups attached to an aromatic ring is 1. The number of amides is 1. The summed E-state index contributed by atoms with van der Waals surface area (Å²) in [6, 6.07) is 4.61. The molecule has 98 valence electrons. The number of rotatable bonds is 2. The largest absolute Gasteiger partial charge is 0.399 e. The number of hydrogen-bond donors (Lipinski definition) is 3. The summed E-state index contributed by atoms with van der Waals surface area (Å²) in [6.45, 7) is 0. The number of nitrogens with one attached hydrogen (secondary N) is 1. The SMILES string of the molecule is Nc1ccc(Cl)c(C(=O)NC2CCCCC2O)c1. The normalized spacial score (nSPS) is 23.7. The fraction of sp³-hybridized carbons (Fsp3) is 0.462. The summed E-state index contributed by atoms with van der Waals surface area (Å²) >= 11 is 5.97. The van der Waals surface area contributed by atoms with Gasteiger partial charge in [-0.25, -0.2) is 0 Å². The van der Waals surface area contributed by atoms with E-state index in [4.69, 9.17) is 17.3 Å². The lowest BCUT2D eigenvalue weighted by molar-refractivity contribution is 0.0717. The van der Waals surface area contributed by atoms with Gasteiger partial charge in [0.25, 0.3) is 5.91 Å². The van der Waals surface area contributed by atoms with Crippen molar-refractivity contribution in [1.82, 2.24) is 5.32 Å². The van der Waals surface area contributed by atoms with Gasteiger partial charge in [-0.1, -0.05) is 24.4 Å². The first-order chi connectivity index (χ1) is 8.58. The highest BCUT2D eigenvalue weighted by molar-refractivity contribution is 6.34. The van der Waals surface area contributed by atoms with E-state index in [0.717, 1.165) is 25.7 Å². The lowest BCUT2D eigenvalue weighted by atomic mass is 9.92. The lowest BCUT2D eigenvalue weighted by Gasteiger charge is -2.28. The minimum atomic E-state index is -0.470. The zero-order chi connectivity index (χ0) is 13.1. The maximum atomic E-state index is 12.1. The maximum Gasteiger partial charge on any atom is 0.253 e. The van der Waals surface area contributed by atoms with Gasteiger partial charge in [-0.2, -0.15) is 0 Å². The lowest BCUT2D eigenvalue weighted by Crippen LogP contribution is -2.45. The molecule has 1 aromatic carbocycles. The summed E-state index contributed by atoms with van der Waals surface area (Å²) in [7, 11) is 0. The summed E-state index contributed by atoms with van der Waals surface area (Å²) < 4.78 is 0. The van der Waals surface area contributed by atoms with Crippen molar-refractivity contribution >= 4 is 23.2 Å². The standard InChI is InChI=1S/C13H17ClN2O2/c14-10-6-5-8(15)7-9(10)13(18)16-11-3-1-2-4-12(11)17/h5-7,11-12,17H,1-4,15H2,(H,16,18). The Kier molecular flexibility index (Phi) is 4.09. The monoisotopic (exact) mass is 268 g/mol. The van der Waals surface area contributed by atoms with Crippen LogP contribution >= 0.6 is 11.6 Å². The van der Waals surface area contributed by atoms with Crippen molar-refractivity contribution in [3.8, 4) is 0 Å². The first-order valence-corrected chi connectivity index (χ1v) is 6.49. The van der Waals surface area contributed by atoms with E-state index in [2.05, 4.69) is 5.32 Å². The van der Waals surface area contributed by atoms with E-state index < -0.39 is 6.10 Å². The molecular formula is C13H17ClN2O2. The molecule has 0 bridgehead atoms. The van der Waals surface area contributed by atoms with Gasteiger partial charge in [-0.15, -0.1) is 0 Å². The minimum Gasteiger partial charge on any atom is -0.399 e. The Morgan fingerprint density at radius 3 is 2.83 bits per heavy atom.